The molecule has 0 spiro atoms. The lowest BCUT2D eigenvalue weighted by Gasteiger charge is -1.97. The first-order valence-electron chi connectivity index (χ1n) is 6.45. The van der Waals surface area contributed by atoms with Gasteiger partial charge in [-0.25, -0.2) is 0 Å². The summed E-state index contributed by atoms with van der Waals surface area (Å²) >= 11 is 0. The fourth-order valence-electron chi connectivity index (χ4n) is 1.87. The molecule has 0 aliphatic rings. The number of hydrogen-bond donors (Lipinski definition) is 0. The second-order valence-electron chi connectivity index (χ2n) is 4.41. The van der Waals surface area contributed by atoms with E-state index in [0.29, 0.717) is 12.4 Å². The molecule has 0 N–H and O–H groups in total. The lowest BCUT2D eigenvalue weighted by Crippen LogP contribution is -2.03. The number of nitrogens with zero attached hydrogens (tertiary/aromatic N) is 4. The predicted molar refractivity (Wildman–Crippen MR) is 78.7 cm³/mol. The van der Waals surface area contributed by atoms with E-state index in [4.69, 9.17) is 0 Å². The van der Waals surface area contributed by atoms with Crippen LogP contribution in [0.1, 0.15) is 17.0 Å². The standard InChI is InChI=1S/C16H14N4/c1-3-7-14(8-4-1)11-12-16-17-19-20(18-16)13-15-9-5-2-6-10-15/h1-12H,13H2/b12-11+. The van der Waals surface area contributed by atoms with Crippen molar-refractivity contribution in [2.24, 2.45) is 0 Å². The molecule has 0 saturated heterocycles. The van der Waals surface area contributed by atoms with E-state index in [9.17, 15) is 0 Å². The minimum Gasteiger partial charge on any atom is -0.159 e. The molecule has 20 heavy (non-hydrogen) atoms. The Morgan fingerprint density at radius 1 is 0.850 bits per heavy atom. The van der Waals surface area contributed by atoms with Gasteiger partial charge in [0.05, 0.1) is 6.54 Å². The van der Waals surface area contributed by atoms with Crippen molar-refractivity contribution in [3.05, 3.63) is 77.6 Å². The molecule has 1 aromatic heterocycles. The third kappa shape index (κ3) is 3.17. The number of rotatable bonds is 4. The van der Waals surface area contributed by atoms with Crippen LogP contribution in [0.25, 0.3) is 12.2 Å². The number of aromatic nitrogens is 4. The molecule has 3 aromatic rings. The Kier molecular flexibility index (Phi) is 3.64. The van der Waals surface area contributed by atoms with Crippen molar-refractivity contribution in [3.63, 3.8) is 0 Å². The minimum atomic E-state index is 0.616. The summed E-state index contributed by atoms with van der Waals surface area (Å²) in [6.07, 6.45) is 3.84. The summed E-state index contributed by atoms with van der Waals surface area (Å²) in [5.41, 5.74) is 2.27. The molecule has 4 heteroatoms. The average molecular weight is 262 g/mol. The third-order valence-corrected chi connectivity index (χ3v) is 2.86. The summed E-state index contributed by atoms with van der Waals surface area (Å²) in [5, 5.41) is 12.4. The molecule has 3 rings (SSSR count). The van der Waals surface area contributed by atoms with E-state index in [1.165, 1.54) is 0 Å². The van der Waals surface area contributed by atoms with Crippen molar-refractivity contribution in [2.45, 2.75) is 6.54 Å². The van der Waals surface area contributed by atoms with Gasteiger partial charge in [-0.05, 0) is 22.4 Å². The Balaban J connectivity index is 1.70. The Labute approximate surface area is 117 Å². The fourth-order valence-corrected chi connectivity index (χ4v) is 1.87. The molecule has 4 nitrogen and oxygen atoms in total. The Morgan fingerprint density at radius 2 is 1.55 bits per heavy atom. The molecular formula is C16H14N4. The van der Waals surface area contributed by atoms with E-state index in [-0.39, 0.29) is 0 Å². The minimum absolute atomic E-state index is 0.616. The Hall–Kier alpha value is -2.75. The SMILES string of the molecule is C(=C\c1nnn(Cc2ccccc2)n1)/c1ccccc1. The van der Waals surface area contributed by atoms with E-state index in [2.05, 4.69) is 15.4 Å². The largest absolute Gasteiger partial charge is 0.197 e. The monoisotopic (exact) mass is 262 g/mol. The number of hydrogen-bond acceptors (Lipinski definition) is 3. The summed E-state index contributed by atoms with van der Waals surface area (Å²) in [5.74, 6) is 0.616. The molecule has 0 atom stereocenters. The number of tetrazole rings is 1. The zero-order chi connectivity index (χ0) is 13.6. The molecule has 0 aliphatic heterocycles. The van der Waals surface area contributed by atoms with Crippen molar-refractivity contribution in [2.75, 3.05) is 0 Å². The highest BCUT2D eigenvalue weighted by Gasteiger charge is 2.00. The molecule has 0 bridgehead atoms. The van der Waals surface area contributed by atoms with Crippen LogP contribution in [0.3, 0.4) is 0 Å². The van der Waals surface area contributed by atoms with Gasteiger partial charge < -0.3 is 0 Å². The van der Waals surface area contributed by atoms with Crippen LogP contribution in [0.2, 0.25) is 0 Å². The van der Waals surface area contributed by atoms with E-state index >= 15 is 0 Å². The van der Waals surface area contributed by atoms with Gasteiger partial charge in [0.2, 0.25) is 0 Å². The maximum atomic E-state index is 4.33. The summed E-state index contributed by atoms with van der Waals surface area (Å²) < 4.78 is 0. The number of benzene rings is 2. The van der Waals surface area contributed by atoms with Gasteiger partial charge in [0.25, 0.3) is 0 Å². The lowest BCUT2D eigenvalue weighted by atomic mass is 10.2. The fraction of sp³-hybridized carbons (Fsp3) is 0.0625. The second kappa shape index (κ2) is 5.93. The third-order valence-electron chi connectivity index (χ3n) is 2.86. The van der Waals surface area contributed by atoms with Gasteiger partial charge in [-0.3, -0.25) is 0 Å². The van der Waals surface area contributed by atoms with Crippen molar-refractivity contribution in [3.8, 4) is 0 Å². The van der Waals surface area contributed by atoms with Gasteiger partial charge in [0.15, 0.2) is 5.82 Å². The molecule has 2 aromatic carbocycles. The van der Waals surface area contributed by atoms with Gasteiger partial charge >= 0.3 is 0 Å². The van der Waals surface area contributed by atoms with E-state index in [0.717, 1.165) is 11.1 Å². The van der Waals surface area contributed by atoms with Crippen LogP contribution in [0.5, 0.6) is 0 Å². The van der Waals surface area contributed by atoms with Gasteiger partial charge in [-0.15, -0.1) is 10.2 Å². The maximum absolute atomic E-state index is 4.33. The van der Waals surface area contributed by atoms with Crippen molar-refractivity contribution >= 4 is 12.2 Å². The van der Waals surface area contributed by atoms with Crippen LogP contribution < -0.4 is 0 Å². The highest BCUT2D eigenvalue weighted by Crippen LogP contribution is 2.04. The van der Waals surface area contributed by atoms with Crippen LogP contribution >= 0.6 is 0 Å². The molecule has 1 heterocycles. The first-order chi connectivity index (χ1) is 9.90. The quantitative estimate of drug-likeness (QED) is 0.726. The molecule has 0 unspecified atom stereocenters. The Bertz CT molecular complexity index is 687. The molecule has 0 amide bonds. The van der Waals surface area contributed by atoms with Gasteiger partial charge in [0.1, 0.15) is 0 Å². The molecule has 0 fully saturated rings. The van der Waals surface area contributed by atoms with E-state index < -0.39 is 0 Å². The zero-order valence-corrected chi connectivity index (χ0v) is 10.9. The summed E-state index contributed by atoms with van der Waals surface area (Å²) in [6, 6.07) is 20.1. The lowest BCUT2D eigenvalue weighted by molar-refractivity contribution is 0.572. The van der Waals surface area contributed by atoms with Gasteiger partial charge in [0, 0.05) is 0 Å². The molecule has 0 saturated carbocycles. The summed E-state index contributed by atoms with van der Waals surface area (Å²) in [7, 11) is 0. The van der Waals surface area contributed by atoms with Gasteiger partial charge in [-0.2, -0.15) is 4.80 Å². The highest BCUT2D eigenvalue weighted by atomic mass is 15.6. The zero-order valence-electron chi connectivity index (χ0n) is 10.9. The topological polar surface area (TPSA) is 43.6 Å². The molecule has 0 aliphatic carbocycles. The summed E-state index contributed by atoms with van der Waals surface area (Å²) in [4.78, 5) is 1.60. The normalized spacial score (nSPS) is 11.0. The predicted octanol–water partition coefficient (Wildman–Crippen LogP) is 2.89. The average Bonchev–Trinajstić information content (AvgIpc) is 2.95. The van der Waals surface area contributed by atoms with Crippen molar-refractivity contribution in [1.82, 2.24) is 20.2 Å². The molecule has 98 valence electrons. The smallest absolute Gasteiger partial charge is 0.159 e. The maximum Gasteiger partial charge on any atom is 0.197 e. The van der Waals surface area contributed by atoms with Gasteiger partial charge in [-0.1, -0.05) is 66.7 Å². The van der Waals surface area contributed by atoms with Crippen LogP contribution in [0, 0.1) is 0 Å². The van der Waals surface area contributed by atoms with E-state index in [1.54, 1.807) is 4.80 Å². The van der Waals surface area contributed by atoms with Crippen LogP contribution in [0.15, 0.2) is 60.7 Å². The molecule has 0 radical (unpaired) electrons. The van der Waals surface area contributed by atoms with Crippen LogP contribution in [-0.2, 0) is 6.54 Å². The highest BCUT2D eigenvalue weighted by molar-refractivity contribution is 5.66. The first kappa shape index (κ1) is 12.3. The van der Waals surface area contributed by atoms with Crippen LogP contribution in [-0.4, -0.2) is 20.2 Å². The van der Waals surface area contributed by atoms with Crippen molar-refractivity contribution < 1.29 is 0 Å². The van der Waals surface area contributed by atoms with Crippen molar-refractivity contribution in [1.29, 1.82) is 0 Å². The Morgan fingerprint density at radius 3 is 2.30 bits per heavy atom. The van der Waals surface area contributed by atoms with E-state index in [1.807, 2.05) is 72.8 Å². The first-order valence-corrected chi connectivity index (χ1v) is 6.45. The summed E-state index contributed by atoms with van der Waals surface area (Å²) in [6.45, 7) is 0.632. The second-order valence-corrected chi connectivity index (χ2v) is 4.41. The molecular weight excluding hydrogens is 248 g/mol. The van der Waals surface area contributed by atoms with Crippen LogP contribution in [0.4, 0.5) is 0 Å².